The van der Waals surface area contributed by atoms with Crippen LogP contribution in [-0.2, 0) is 6.54 Å². The van der Waals surface area contributed by atoms with Crippen LogP contribution in [-0.4, -0.2) is 5.91 Å². The summed E-state index contributed by atoms with van der Waals surface area (Å²) in [6, 6.07) is 37.1. The fourth-order valence-electron chi connectivity index (χ4n) is 4.60. The first-order valence-electron chi connectivity index (χ1n) is 11.5. The maximum Gasteiger partial charge on any atom is 0.262 e. The zero-order valence-electron chi connectivity index (χ0n) is 19.1. The molecule has 0 bridgehead atoms. The lowest BCUT2D eigenvalue weighted by atomic mass is 9.96. The Balaban J connectivity index is 1.70. The van der Waals surface area contributed by atoms with Gasteiger partial charge in [0.05, 0.1) is 11.3 Å². The number of amides is 1. The SMILES string of the molecule is CC(C)c1ccc([C@@H]2N(Cc3ccccc3)c3ccccc3C(=O)N2c2ccccc2)cc1. The minimum Gasteiger partial charge on any atom is -0.342 e. The van der Waals surface area contributed by atoms with Crippen LogP contribution in [0.4, 0.5) is 11.4 Å². The normalized spacial score (nSPS) is 15.6. The quantitative estimate of drug-likeness (QED) is 0.334. The van der Waals surface area contributed by atoms with E-state index in [1.54, 1.807) is 0 Å². The second-order valence-corrected chi connectivity index (χ2v) is 8.84. The van der Waals surface area contributed by atoms with Crippen molar-refractivity contribution in [2.75, 3.05) is 9.80 Å². The van der Waals surface area contributed by atoms with Gasteiger partial charge in [-0.2, -0.15) is 0 Å². The maximum atomic E-state index is 13.9. The van der Waals surface area contributed by atoms with Gasteiger partial charge >= 0.3 is 0 Å². The van der Waals surface area contributed by atoms with Crippen molar-refractivity contribution in [3.8, 4) is 0 Å². The molecule has 0 saturated heterocycles. The summed E-state index contributed by atoms with van der Waals surface area (Å²) >= 11 is 0. The molecule has 33 heavy (non-hydrogen) atoms. The van der Waals surface area contributed by atoms with Crippen molar-refractivity contribution in [3.05, 3.63) is 131 Å². The molecule has 0 spiro atoms. The number of hydrogen-bond acceptors (Lipinski definition) is 2. The van der Waals surface area contributed by atoms with Crippen LogP contribution >= 0.6 is 0 Å². The zero-order valence-corrected chi connectivity index (χ0v) is 19.1. The number of rotatable bonds is 5. The highest BCUT2D eigenvalue weighted by Crippen LogP contribution is 2.42. The third kappa shape index (κ3) is 4.03. The molecule has 0 aliphatic carbocycles. The van der Waals surface area contributed by atoms with E-state index in [1.807, 2.05) is 59.5 Å². The van der Waals surface area contributed by atoms with Gasteiger partial charge in [0.1, 0.15) is 6.17 Å². The van der Waals surface area contributed by atoms with E-state index in [9.17, 15) is 4.79 Å². The Kier molecular flexibility index (Phi) is 5.70. The molecule has 0 unspecified atom stereocenters. The molecular weight excluding hydrogens is 404 g/mol. The van der Waals surface area contributed by atoms with Gasteiger partial charge in [0.2, 0.25) is 0 Å². The van der Waals surface area contributed by atoms with Crippen LogP contribution in [0.3, 0.4) is 0 Å². The molecule has 0 N–H and O–H groups in total. The molecule has 3 heteroatoms. The second kappa shape index (κ2) is 8.95. The van der Waals surface area contributed by atoms with E-state index >= 15 is 0 Å². The zero-order chi connectivity index (χ0) is 22.8. The Morgan fingerprint density at radius 2 is 1.33 bits per heavy atom. The van der Waals surface area contributed by atoms with Gasteiger partial charge in [0.25, 0.3) is 5.91 Å². The van der Waals surface area contributed by atoms with Crippen LogP contribution in [0.25, 0.3) is 0 Å². The largest absolute Gasteiger partial charge is 0.342 e. The van der Waals surface area contributed by atoms with Gasteiger partial charge < -0.3 is 4.90 Å². The molecule has 1 aliphatic rings. The molecule has 0 aromatic heterocycles. The number of fused-ring (bicyclic) bond motifs is 1. The lowest BCUT2D eigenvalue weighted by molar-refractivity contribution is 0.0968. The Bertz CT molecular complexity index is 1230. The average Bonchev–Trinajstić information content (AvgIpc) is 2.87. The number of carbonyl (C=O) groups excluding carboxylic acids is 1. The van der Waals surface area contributed by atoms with Gasteiger partial charge in [0.15, 0.2) is 0 Å². The van der Waals surface area contributed by atoms with E-state index in [4.69, 9.17) is 0 Å². The number of hydrogen-bond donors (Lipinski definition) is 0. The van der Waals surface area contributed by atoms with Crippen molar-refractivity contribution in [1.29, 1.82) is 0 Å². The average molecular weight is 433 g/mol. The Morgan fingerprint density at radius 1 is 0.727 bits per heavy atom. The summed E-state index contributed by atoms with van der Waals surface area (Å²) in [6.07, 6.45) is -0.254. The highest BCUT2D eigenvalue weighted by Gasteiger charge is 2.39. The highest BCUT2D eigenvalue weighted by atomic mass is 16.2. The van der Waals surface area contributed by atoms with Crippen molar-refractivity contribution in [2.24, 2.45) is 0 Å². The Hall–Kier alpha value is -3.85. The van der Waals surface area contributed by atoms with Crippen molar-refractivity contribution in [2.45, 2.75) is 32.5 Å². The van der Waals surface area contributed by atoms with Gasteiger partial charge in [-0.05, 0) is 46.9 Å². The number of para-hydroxylation sites is 2. The van der Waals surface area contributed by atoms with E-state index in [0.717, 1.165) is 22.5 Å². The van der Waals surface area contributed by atoms with E-state index in [0.29, 0.717) is 12.5 Å². The number of anilines is 2. The first-order valence-corrected chi connectivity index (χ1v) is 11.5. The predicted molar refractivity (Wildman–Crippen MR) is 136 cm³/mol. The highest BCUT2D eigenvalue weighted by molar-refractivity contribution is 6.12. The van der Waals surface area contributed by atoms with Crippen molar-refractivity contribution in [3.63, 3.8) is 0 Å². The van der Waals surface area contributed by atoms with Gasteiger partial charge in [-0.15, -0.1) is 0 Å². The van der Waals surface area contributed by atoms with E-state index in [2.05, 4.69) is 73.3 Å². The van der Waals surface area contributed by atoms with E-state index in [1.165, 1.54) is 11.1 Å². The molecule has 4 aromatic carbocycles. The summed E-state index contributed by atoms with van der Waals surface area (Å²) in [6.45, 7) is 5.10. The molecule has 0 fully saturated rings. The first-order chi connectivity index (χ1) is 16.1. The Labute approximate surface area is 195 Å². The summed E-state index contributed by atoms with van der Waals surface area (Å²) in [5, 5.41) is 0. The minimum atomic E-state index is -0.254. The van der Waals surface area contributed by atoms with E-state index in [-0.39, 0.29) is 12.1 Å². The van der Waals surface area contributed by atoms with E-state index < -0.39 is 0 Å². The molecule has 0 radical (unpaired) electrons. The molecule has 164 valence electrons. The fraction of sp³-hybridized carbons (Fsp3) is 0.167. The number of benzene rings is 4. The fourth-order valence-corrected chi connectivity index (χ4v) is 4.60. The van der Waals surface area contributed by atoms with Crippen LogP contribution in [0, 0.1) is 0 Å². The number of nitrogens with zero attached hydrogens (tertiary/aromatic N) is 2. The maximum absolute atomic E-state index is 13.9. The van der Waals surface area contributed by atoms with Crippen molar-refractivity contribution < 1.29 is 4.79 Å². The van der Waals surface area contributed by atoms with Crippen LogP contribution in [0.2, 0.25) is 0 Å². The Morgan fingerprint density at radius 3 is 2.00 bits per heavy atom. The predicted octanol–water partition coefficient (Wildman–Crippen LogP) is 7.18. The lowest BCUT2D eigenvalue weighted by Gasteiger charge is -2.46. The first kappa shape index (κ1) is 21.0. The van der Waals surface area contributed by atoms with Crippen LogP contribution in [0.1, 0.15) is 53.0 Å². The molecule has 4 aromatic rings. The lowest BCUT2D eigenvalue weighted by Crippen LogP contribution is -2.49. The summed E-state index contributed by atoms with van der Waals surface area (Å²) in [5.41, 5.74) is 6.19. The standard InChI is InChI=1S/C30H28N2O/c1-22(2)24-17-19-25(20-18-24)29-31(21-23-11-5-3-6-12-23)28-16-10-9-15-27(28)30(33)32(29)26-13-7-4-8-14-26/h3-20,22,29H,21H2,1-2H3/t29-/m1/s1. The van der Waals surface area contributed by atoms with Crippen LogP contribution in [0.15, 0.2) is 109 Å². The molecule has 1 heterocycles. The van der Waals surface area contributed by atoms with Crippen LogP contribution in [0.5, 0.6) is 0 Å². The molecule has 0 saturated carbocycles. The molecule has 1 aliphatic heterocycles. The smallest absolute Gasteiger partial charge is 0.262 e. The van der Waals surface area contributed by atoms with Crippen LogP contribution < -0.4 is 9.80 Å². The number of carbonyl (C=O) groups is 1. The molecule has 5 rings (SSSR count). The van der Waals surface area contributed by atoms with Gasteiger partial charge in [-0.25, -0.2) is 0 Å². The third-order valence-corrected chi connectivity index (χ3v) is 6.33. The monoisotopic (exact) mass is 432 g/mol. The minimum absolute atomic E-state index is 0.0269. The summed E-state index contributed by atoms with van der Waals surface area (Å²) < 4.78 is 0. The van der Waals surface area contributed by atoms with Gasteiger partial charge in [-0.1, -0.05) is 98.8 Å². The topological polar surface area (TPSA) is 23.6 Å². The van der Waals surface area contributed by atoms with Crippen molar-refractivity contribution in [1.82, 2.24) is 0 Å². The molecule has 3 nitrogen and oxygen atoms in total. The van der Waals surface area contributed by atoms with Gasteiger partial charge in [-0.3, -0.25) is 9.69 Å². The summed E-state index contributed by atoms with van der Waals surface area (Å²) in [5.74, 6) is 0.484. The molecular formula is C30H28N2O. The molecule has 1 atom stereocenters. The summed E-state index contributed by atoms with van der Waals surface area (Å²) in [4.78, 5) is 18.2. The van der Waals surface area contributed by atoms with Gasteiger partial charge in [0, 0.05) is 12.2 Å². The summed E-state index contributed by atoms with van der Waals surface area (Å²) in [7, 11) is 0. The third-order valence-electron chi connectivity index (χ3n) is 6.33. The second-order valence-electron chi connectivity index (χ2n) is 8.84. The van der Waals surface area contributed by atoms with Crippen molar-refractivity contribution >= 4 is 17.3 Å². The molecule has 1 amide bonds.